The molecule has 29 heavy (non-hydrogen) atoms. The van der Waals surface area contributed by atoms with Gasteiger partial charge in [-0.1, -0.05) is 23.8 Å². The zero-order valence-corrected chi connectivity index (χ0v) is 18.4. The third kappa shape index (κ3) is 6.58. The van der Waals surface area contributed by atoms with Crippen LogP contribution in [-0.2, 0) is 19.6 Å². The number of benzene rings is 2. The highest BCUT2D eigenvalue weighted by molar-refractivity contribution is 7.92. The fraction of sp³-hybridized carbons (Fsp3) is 0.409. The van der Waals surface area contributed by atoms with Crippen molar-refractivity contribution in [1.29, 1.82) is 0 Å². The molecule has 0 saturated carbocycles. The van der Waals surface area contributed by atoms with Crippen LogP contribution in [0.2, 0.25) is 0 Å². The van der Waals surface area contributed by atoms with Crippen LogP contribution in [0.1, 0.15) is 30.0 Å². The van der Waals surface area contributed by atoms with E-state index in [9.17, 15) is 13.2 Å². The second-order valence-corrected chi connectivity index (χ2v) is 8.93. The lowest BCUT2D eigenvalue weighted by Crippen LogP contribution is -2.41. The summed E-state index contributed by atoms with van der Waals surface area (Å²) in [6.07, 6.45) is 0.674. The van der Waals surface area contributed by atoms with Gasteiger partial charge in [0.1, 0.15) is 6.54 Å². The first-order valence-corrected chi connectivity index (χ1v) is 11.2. The predicted molar refractivity (Wildman–Crippen MR) is 116 cm³/mol. The number of carbonyl (C=O) groups is 1. The number of ether oxygens (including phenoxy) is 1. The summed E-state index contributed by atoms with van der Waals surface area (Å²) in [7, 11) is -3.89. The maximum Gasteiger partial charge on any atom is 0.264 e. The van der Waals surface area contributed by atoms with Gasteiger partial charge in [-0.05, 0) is 69.5 Å². The molecular formula is C22H30N2O4S. The van der Waals surface area contributed by atoms with Gasteiger partial charge in [-0.15, -0.1) is 0 Å². The number of nitrogens with zero attached hydrogens (tertiary/aromatic N) is 1. The van der Waals surface area contributed by atoms with Crippen molar-refractivity contribution in [3.05, 3.63) is 59.2 Å². The molecule has 0 bridgehead atoms. The van der Waals surface area contributed by atoms with E-state index in [-0.39, 0.29) is 17.3 Å². The van der Waals surface area contributed by atoms with Gasteiger partial charge in [-0.3, -0.25) is 9.10 Å². The Morgan fingerprint density at radius 3 is 2.21 bits per heavy atom. The number of amides is 1. The molecule has 0 saturated heterocycles. The van der Waals surface area contributed by atoms with Gasteiger partial charge in [-0.25, -0.2) is 8.42 Å². The SMILES string of the molecule is CCOCCCNC(=O)CN(c1cc(C)cc(C)c1)S(=O)(=O)c1ccc(C)cc1. The second kappa shape index (κ2) is 10.4. The van der Waals surface area contributed by atoms with E-state index in [0.29, 0.717) is 31.9 Å². The topological polar surface area (TPSA) is 75.7 Å². The van der Waals surface area contributed by atoms with Crippen LogP contribution in [0.4, 0.5) is 5.69 Å². The molecule has 0 aliphatic heterocycles. The third-order valence-electron chi connectivity index (χ3n) is 4.38. The zero-order valence-electron chi connectivity index (χ0n) is 17.6. The average Bonchev–Trinajstić information content (AvgIpc) is 2.65. The molecule has 0 fully saturated rings. The lowest BCUT2D eigenvalue weighted by molar-refractivity contribution is -0.119. The van der Waals surface area contributed by atoms with Gasteiger partial charge in [0.2, 0.25) is 5.91 Å². The molecule has 1 amide bonds. The highest BCUT2D eigenvalue weighted by Gasteiger charge is 2.27. The summed E-state index contributed by atoms with van der Waals surface area (Å²) in [6.45, 7) is 8.95. The fourth-order valence-electron chi connectivity index (χ4n) is 2.98. The highest BCUT2D eigenvalue weighted by Crippen LogP contribution is 2.26. The zero-order chi connectivity index (χ0) is 21.4. The minimum atomic E-state index is -3.89. The minimum Gasteiger partial charge on any atom is -0.382 e. The smallest absolute Gasteiger partial charge is 0.264 e. The van der Waals surface area contributed by atoms with Gasteiger partial charge in [0.15, 0.2) is 0 Å². The van der Waals surface area contributed by atoms with Crippen LogP contribution in [0.15, 0.2) is 47.4 Å². The Bertz CT molecular complexity index is 904. The second-order valence-electron chi connectivity index (χ2n) is 7.07. The molecule has 158 valence electrons. The van der Waals surface area contributed by atoms with E-state index in [1.54, 1.807) is 36.4 Å². The van der Waals surface area contributed by atoms with Gasteiger partial charge < -0.3 is 10.1 Å². The largest absolute Gasteiger partial charge is 0.382 e. The summed E-state index contributed by atoms with van der Waals surface area (Å²) in [5, 5.41) is 2.78. The standard InChI is InChI=1S/C22H30N2O4S/c1-5-28-12-6-11-23-22(25)16-24(20-14-18(3)13-19(4)15-20)29(26,27)21-9-7-17(2)8-10-21/h7-10,13-15H,5-6,11-12,16H2,1-4H3,(H,23,25). The van der Waals surface area contributed by atoms with E-state index in [2.05, 4.69) is 5.32 Å². The molecule has 0 radical (unpaired) electrons. The summed E-state index contributed by atoms with van der Waals surface area (Å²) >= 11 is 0. The Kier molecular flexibility index (Phi) is 8.22. The van der Waals surface area contributed by atoms with Gasteiger partial charge >= 0.3 is 0 Å². The molecule has 2 rings (SSSR count). The highest BCUT2D eigenvalue weighted by atomic mass is 32.2. The van der Waals surface area contributed by atoms with E-state index in [4.69, 9.17) is 4.74 Å². The Hall–Kier alpha value is -2.38. The number of sulfonamides is 1. The van der Waals surface area contributed by atoms with Crippen LogP contribution in [0.25, 0.3) is 0 Å². The van der Waals surface area contributed by atoms with Crippen LogP contribution >= 0.6 is 0 Å². The van der Waals surface area contributed by atoms with E-state index in [1.165, 1.54) is 4.31 Å². The molecule has 2 aromatic rings. The number of aryl methyl sites for hydroxylation is 3. The first kappa shape index (κ1) is 22.9. The van der Waals surface area contributed by atoms with Crippen LogP contribution in [0.5, 0.6) is 0 Å². The Morgan fingerprint density at radius 1 is 1.00 bits per heavy atom. The fourth-order valence-corrected chi connectivity index (χ4v) is 4.38. The van der Waals surface area contributed by atoms with E-state index in [1.807, 2.05) is 33.8 Å². The lowest BCUT2D eigenvalue weighted by atomic mass is 10.1. The molecule has 6 nitrogen and oxygen atoms in total. The van der Waals surface area contributed by atoms with Crippen molar-refractivity contribution < 1.29 is 17.9 Å². The Balaban J connectivity index is 2.28. The molecule has 2 aromatic carbocycles. The van der Waals surface area contributed by atoms with Crippen molar-refractivity contribution in [2.45, 2.75) is 39.0 Å². The van der Waals surface area contributed by atoms with Gasteiger partial charge in [0, 0.05) is 19.8 Å². The average molecular weight is 419 g/mol. The number of carbonyl (C=O) groups excluding carboxylic acids is 1. The molecule has 0 unspecified atom stereocenters. The molecular weight excluding hydrogens is 388 g/mol. The molecule has 0 aliphatic carbocycles. The van der Waals surface area contributed by atoms with Gasteiger partial charge in [0.05, 0.1) is 10.6 Å². The Labute approximate surface area is 173 Å². The number of nitrogens with one attached hydrogen (secondary N) is 1. The van der Waals surface area contributed by atoms with Gasteiger partial charge in [-0.2, -0.15) is 0 Å². The van der Waals surface area contributed by atoms with Crippen molar-refractivity contribution in [2.24, 2.45) is 0 Å². The predicted octanol–water partition coefficient (Wildman–Crippen LogP) is 3.35. The number of rotatable bonds is 10. The third-order valence-corrected chi connectivity index (χ3v) is 6.17. The van der Waals surface area contributed by atoms with Crippen molar-refractivity contribution in [2.75, 3.05) is 30.6 Å². The maximum atomic E-state index is 13.3. The van der Waals surface area contributed by atoms with Crippen molar-refractivity contribution in [1.82, 2.24) is 5.32 Å². The molecule has 0 heterocycles. The summed E-state index contributed by atoms with van der Waals surface area (Å²) in [4.78, 5) is 12.7. The lowest BCUT2D eigenvalue weighted by Gasteiger charge is -2.25. The molecule has 7 heteroatoms. The first-order chi connectivity index (χ1) is 13.7. The van der Waals surface area contributed by atoms with E-state index < -0.39 is 10.0 Å². The molecule has 0 aliphatic rings. The number of anilines is 1. The van der Waals surface area contributed by atoms with E-state index >= 15 is 0 Å². The van der Waals surface area contributed by atoms with Crippen molar-refractivity contribution >= 4 is 21.6 Å². The van der Waals surface area contributed by atoms with Crippen LogP contribution in [-0.4, -0.2) is 40.6 Å². The maximum absolute atomic E-state index is 13.3. The molecule has 0 aromatic heterocycles. The van der Waals surface area contributed by atoms with Crippen molar-refractivity contribution in [3.63, 3.8) is 0 Å². The summed E-state index contributed by atoms with van der Waals surface area (Å²) in [6, 6.07) is 12.2. The number of hydrogen-bond donors (Lipinski definition) is 1. The molecule has 0 atom stereocenters. The van der Waals surface area contributed by atoms with Crippen LogP contribution < -0.4 is 9.62 Å². The van der Waals surface area contributed by atoms with E-state index in [0.717, 1.165) is 16.7 Å². The van der Waals surface area contributed by atoms with Gasteiger partial charge in [0.25, 0.3) is 10.0 Å². The molecule has 0 spiro atoms. The number of hydrogen-bond acceptors (Lipinski definition) is 4. The normalized spacial score (nSPS) is 11.3. The summed E-state index contributed by atoms with van der Waals surface area (Å²) < 4.78 is 33.1. The first-order valence-electron chi connectivity index (χ1n) is 9.76. The summed E-state index contributed by atoms with van der Waals surface area (Å²) in [5.41, 5.74) is 3.31. The van der Waals surface area contributed by atoms with Crippen molar-refractivity contribution in [3.8, 4) is 0 Å². The summed E-state index contributed by atoms with van der Waals surface area (Å²) in [5.74, 6) is -0.351. The van der Waals surface area contributed by atoms with Crippen LogP contribution in [0.3, 0.4) is 0 Å². The monoisotopic (exact) mass is 418 g/mol. The van der Waals surface area contributed by atoms with Crippen LogP contribution in [0, 0.1) is 20.8 Å². The Morgan fingerprint density at radius 2 is 1.62 bits per heavy atom. The molecule has 1 N–H and O–H groups in total. The minimum absolute atomic E-state index is 0.159. The quantitative estimate of drug-likeness (QED) is 0.601.